The van der Waals surface area contributed by atoms with Crippen molar-refractivity contribution in [3.8, 4) is 11.5 Å². The second-order valence-corrected chi connectivity index (χ2v) is 5.63. The maximum absolute atomic E-state index is 12.4. The van der Waals surface area contributed by atoms with E-state index in [0.29, 0.717) is 5.69 Å². The van der Waals surface area contributed by atoms with Crippen molar-refractivity contribution in [2.45, 2.75) is 26.8 Å². The lowest BCUT2D eigenvalue weighted by atomic mass is 9.95. The number of aryl methyl sites for hydroxylation is 1. The van der Waals surface area contributed by atoms with Crippen LogP contribution in [0.3, 0.4) is 0 Å². The number of hydrogen-bond donors (Lipinski definition) is 3. The van der Waals surface area contributed by atoms with Gasteiger partial charge >= 0.3 is 0 Å². The molecule has 5 nitrogen and oxygen atoms in total. The number of nitrogens with zero attached hydrogens (tertiary/aromatic N) is 1. The Balaban J connectivity index is 2.24. The minimum absolute atomic E-state index is 0.0850. The molecule has 1 aromatic heterocycles. The van der Waals surface area contributed by atoms with Gasteiger partial charge in [-0.1, -0.05) is 26.0 Å². The van der Waals surface area contributed by atoms with Gasteiger partial charge in [-0.15, -0.1) is 0 Å². The lowest BCUT2D eigenvalue weighted by Gasteiger charge is -2.23. The zero-order chi connectivity index (χ0) is 16.3. The second kappa shape index (κ2) is 6.47. The molecule has 0 aliphatic rings. The quantitative estimate of drug-likeness (QED) is 0.810. The Kier molecular flexibility index (Phi) is 4.65. The molecular formula is C17H20N2O3. The zero-order valence-electron chi connectivity index (χ0n) is 12.9. The van der Waals surface area contributed by atoms with E-state index in [1.165, 1.54) is 12.3 Å². The first kappa shape index (κ1) is 15.8. The number of phenolic OH excluding ortho intramolecular Hbond substituents is 1. The minimum Gasteiger partial charge on any atom is -0.508 e. The number of pyridine rings is 1. The molecule has 0 aliphatic carbocycles. The molecule has 0 spiro atoms. The van der Waals surface area contributed by atoms with Crippen LogP contribution in [-0.2, 0) is 0 Å². The Morgan fingerprint density at radius 3 is 2.36 bits per heavy atom. The van der Waals surface area contributed by atoms with Gasteiger partial charge in [-0.05, 0) is 30.5 Å². The molecule has 0 saturated carbocycles. The van der Waals surface area contributed by atoms with E-state index < -0.39 is 0 Å². The fraction of sp³-hybridized carbons (Fsp3) is 0.294. The fourth-order valence-electron chi connectivity index (χ4n) is 2.26. The van der Waals surface area contributed by atoms with Crippen LogP contribution in [-0.4, -0.2) is 21.1 Å². The molecule has 1 atom stereocenters. The van der Waals surface area contributed by atoms with Crippen LogP contribution >= 0.6 is 0 Å². The highest BCUT2D eigenvalue weighted by molar-refractivity contribution is 5.96. The highest BCUT2D eigenvalue weighted by Crippen LogP contribution is 2.25. The van der Waals surface area contributed by atoms with Gasteiger partial charge in [-0.3, -0.25) is 9.78 Å². The van der Waals surface area contributed by atoms with Crippen LogP contribution in [0.15, 0.2) is 36.5 Å². The highest BCUT2D eigenvalue weighted by atomic mass is 16.3. The molecule has 0 saturated heterocycles. The van der Waals surface area contributed by atoms with E-state index in [-0.39, 0.29) is 34.9 Å². The predicted octanol–water partition coefficient (Wildman–Crippen LogP) is 2.93. The average Bonchev–Trinajstić information content (AvgIpc) is 2.45. The van der Waals surface area contributed by atoms with Crippen LogP contribution in [0, 0.1) is 12.8 Å². The van der Waals surface area contributed by atoms with E-state index >= 15 is 0 Å². The topological polar surface area (TPSA) is 82.5 Å². The number of aromatic nitrogens is 1. The van der Waals surface area contributed by atoms with Gasteiger partial charge in [0.1, 0.15) is 11.5 Å². The summed E-state index contributed by atoms with van der Waals surface area (Å²) in [6, 6.07) is 7.94. The average molecular weight is 300 g/mol. The van der Waals surface area contributed by atoms with Crippen molar-refractivity contribution in [2.24, 2.45) is 5.92 Å². The molecule has 116 valence electrons. The molecule has 1 aromatic carbocycles. The second-order valence-electron chi connectivity index (χ2n) is 5.63. The van der Waals surface area contributed by atoms with Crippen molar-refractivity contribution < 1.29 is 15.0 Å². The molecule has 22 heavy (non-hydrogen) atoms. The molecule has 5 heteroatoms. The van der Waals surface area contributed by atoms with E-state index in [1.807, 2.05) is 13.8 Å². The number of rotatable bonds is 4. The molecule has 0 fully saturated rings. The van der Waals surface area contributed by atoms with Crippen molar-refractivity contribution in [1.29, 1.82) is 0 Å². The molecule has 1 heterocycles. The molecule has 1 unspecified atom stereocenters. The van der Waals surface area contributed by atoms with E-state index in [9.17, 15) is 15.0 Å². The third-order valence-corrected chi connectivity index (χ3v) is 3.47. The Bertz CT molecular complexity index is 666. The van der Waals surface area contributed by atoms with E-state index in [0.717, 1.165) is 5.56 Å². The van der Waals surface area contributed by atoms with Crippen LogP contribution in [0.5, 0.6) is 11.5 Å². The molecule has 0 radical (unpaired) electrons. The number of amides is 1. The van der Waals surface area contributed by atoms with Gasteiger partial charge in [0, 0.05) is 18.0 Å². The Labute approximate surface area is 129 Å². The molecule has 3 N–H and O–H groups in total. The molecule has 0 aliphatic heterocycles. The molecule has 0 bridgehead atoms. The van der Waals surface area contributed by atoms with Gasteiger partial charge in [0.05, 0.1) is 11.6 Å². The number of carbonyl (C=O) groups is 1. The van der Waals surface area contributed by atoms with Crippen molar-refractivity contribution >= 4 is 5.91 Å². The van der Waals surface area contributed by atoms with Crippen LogP contribution in [0.25, 0.3) is 0 Å². The smallest absolute Gasteiger partial charge is 0.257 e. The summed E-state index contributed by atoms with van der Waals surface area (Å²) < 4.78 is 0. The van der Waals surface area contributed by atoms with Crippen LogP contribution < -0.4 is 5.32 Å². The standard InChI is InChI=1S/C17H20N2O3/c1-10(2)16(12-4-6-13(20)7-5-12)19-17(22)14-9-18-11(3)8-15(14)21/h4-10,16,20H,1-3H3,(H,18,21)(H,19,22). The summed E-state index contributed by atoms with van der Waals surface area (Å²) in [5.41, 5.74) is 1.68. The maximum Gasteiger partial charge on any atom is 0.257 e. The Hall–Kier alpha value is -2.56. The fourth-order valence-corrected chi connectivity index (χ4v) is 2.26. The number of nitrogens with one attached hydrogen (secondary N) is 1. The van der Waals surface area contributed by atoms with Crippen LogP contribution in [0.2, 0.25) is 0 Å². The summed E-state index contributed by atoms with van der Waals surface area (Å²) in [7, 11) is 0. The summed E-state index contributed by atoms with van der Waals surface area (Å²) in [6.45, 7) is 5.73. The number of aromatic hydroxyl groups is 2. The summed E-state index contributed by atoms with van der Waals surface area (Å²) in [5, 5.41) is 22.2. The SMILES string of the molecule is Cc1cc(O)c(C(=O)NC(c2ccc(O)cc2)C(C)C)cn1. The molecule has 1 amide bonds. The van der Waals surface area contributed by atoms with Gasteiger partial charge in [0.25, 0.3) is 5.91 Å². The number of carbonyl (C=O) groups excluding carboxylic acids is 1. The summed E-state index contributed by atoms with van der Waals surface area (Å²) in [5.74, 6) is -0.137. The van der Waals surface area contributed by atoms with Gasteiger partial charge < -0.3 is 15.5 Å². The maximum atomic E-state index is 12.4. The highest BCUT2D eigenvalue weighted by Gasteiger charge is 2.21. The normalized spacial score (nSPS) is 12.2. The van der Waals surface area contributed by atoms with Crippen LogP contribution in [0.1, 0.15) is 41.5 Å². The van der Waals surface area contributed by atoms with Gasteiger partial charge in [-0.25, -0.2) is 0 Å². The third-order valence-electron chi connectivity index (χ3n) is 3.47. The lowest BCUT2D eigenvalue weighted by molar-refractivity contribution is 0.0922. The molecular weight excluding hydrogens is 280 g/mol. The van der Waals surface area contributed by atoms with Crippen molar-refractivity contribution in [3.05, 3.63) is 53.3 Å². The van der Waals surface area contributed by atoms with E-state index in [4.69, 9.17) is 0 Å². The first-order chi connectivity index (χ1) is 10.4. The summed E-state index contributed by atoms with van der Waals surface area (Å²) >= 11 is 0. The third kappa shape index (κ3) is 3.55. The Morgan fingerprint density at radius 1 is 1.18 bits per heavy atom. The van der Waals surface area contributed by atoms with Crippen molar-refractivity contribution in [3.63, 3.8) is 0 Å². The van der Waals surface area contributed by atoms with Gasteiger partial charge in [-0.2, -0.15) is 0 Å². The molecule has 2 aromatic rings. The van der Waals surface area contributed by atoms with Gasteiger partial charge in [0.15, 0.2) is 0 Å². The van der Waals surface area contributed by atoms with E-state index in [2.05, 4.69) is 10.3 Å². The first-order valence-electron chi connectivity index (χ1n) is 7.14. The van der Waals surface area contributed by atoms with Crippen molar-refractivity contribution in [1.82, 2.24) is 10.3 Å². The zero-order valence-corrected chi connectivity index (χ0v) is 12.9. The minimum atomic E-state index is -0.378. The van der Waals surface area contributed by atoms with E-state index in [1.54, 1.807) is 31.2 Å². The predicted molar refractivity (Wildman–Crippen MR) is 83.8 cm³/mol. The number of hydrogen-bond acceptors (Lipinski definition) is 4. The monoisotopic (exact) mass is 300 g/mol. The summed E-state index contributed by atoms with van der Waals surface area (Å²) in [6.07, 6.45) is 1.37. The van der Waals surface area contributed by atoms with Crippen LogP contribution in [0.4, 0.5) is 0 Å². The first-order valence-corrected chi connectivity index (χ1v) is 7.14. The molecule has 2 rings (SSSR count). The summed E-state index contributed by atoms with van der Waals surface area (Å²) in [4.78, 5) is 16.4. The Morgan fingerprint density at radius 2 is 1.82 bits per heavy atom. The van der Waals surface area contributed by atoms with Crippen molar-refractivity contribution in [2.75, 3.05) is 0 Å². The largest absolute Gasteiger partial charge is 0.508 e. The number of benzene rings is 1. The number of phenols is 1. The van der Waals surface area contributed by atoms with Gasteiger partial charge in [0.2, 0.25) is 0 Å². The lowest BCUT2D eigenvalue weighted by Crippen LogP contribution is -2.31.